The van der Waals surface area contributed by atoms with E-state index in [0.717, 1.165) is 22.6 Å². The number of aromatic nitrogens is 3. The van der Waals surface area contributed by atoms with Crippen LogP contribution in [0.15, 0.2) is 36.5 Å². The van der Waals surface area contributed by atoms with Crippen LogP contribution in [0.1, 0.15) is 17.1 Å². The van der Waals surface area contributed by atoms with Gasteiger partial charge in [0.25, 0.3) is 0 Å². The monoisotopic (exact) mass is 303 g/mol. The van der Waals surface area contributed by atoms with Crippen LogP contribution in [0, 0.1) is 12.7 Å². The maximum absolute atomic E-state index is 13.3. The van der Waals surface area contributed by atoms with Crippen molar-refractivity contribution in [3.63, 3.8) is 0 Å². The molecular weight excluding hydrogens is 289 g/mol. The van der Waals surface area contributed by atoms with Crippen molar-refractivity contribution in [2.24, 2.45) is 0 Å². The van der Waals surface area contributed by atoms with Gasteiger partial charge in [0.1, 0.15) is 11.6 Å². The van der Waals surface area contributed by atoms with E-state index >= 15 is 0 Å². The Morgan fingerprint density at radius 3 is 2.81 bits per heavy atom. The normalized spacial score (nSPS) is 11.2. The lowest BCUT2D eigenvalue weighted by molar-refractivity contribution is 0.629. The summed E-state index contributed by atoms with van der Waals surface area (Å²) in [5.41, 5.74) is 3.64. The summed E-state index contributed by atoms with van der Waals surface area (Å²) >= 11 is 5.85. The van der Waals surface area contributed by atoms with Crippen LogP contribution in [0.3, 0.4) is 0 Å². The topological polar surface area (TPSA) is 30.7 Å². The van der Waals surface area contributed by atoms with E-state index in [1.54, 1.807) is 6.07 Å². The van der Waals surface area contributed by atoms with Gasteiger partial charge in [0.15, 0.2) is 0 Å². The van der Waals surface area contributed by atoms with Crippen molar-refractivity contribution in [3.8, 4) is 0 Å². The molecule has 0 aliphatic carbocycles. The Morgan fingerprint density at radius 2 is 2.10 bits per heavy atom. The van der Waals surface area contributed by atoms with E-state index in [4.69, 9.17) is 11.6 Å². The summed E-state index contributed by atoms with van der Waals surface area (Å²) < 4.78 is 15.4. The number of benzene rings is 1. The first kappa shape index (κ1) is 14.0. The SMILES string of the molecule is Cc1ccc(Cn2c(CCCl)nc3cc(F)ccc32)cn1. The van der Waals surface area contributed by atoms with Crippen molar-refractivity contribution in [1.29, 1.82) is 0 Å². The van der Waals surface area contributed by atoms with Crippen LogP contribution in [0.25, 0.3) is 11.0 Å². The largest absolute Gasteiger partial charge is 0.323 e. The zero-order chi connectivity index (χ0) is 14.8. The lowest BCUT2D eigenvalue weighted by atomic mass is 10.2. The summed E-state index contributed by atoms with van der Waals surface area (Å²) in [6, 6.07) is 8.70. The van der Waals surface area contributed by atoms with Crippen LogP contribution in [0.2, 0.25) is 0 Å². The van der Waals surface area contributed by atoms with Gasteiger partial charge in [0.2, 0.25) is 0 Å². The summed E-state index contributed by atoms with van der Waals surface area (Å²) in [6.45, 7) is 2.61. The van der Waals surface area contributed by atoms with Crippen LogP contribution in [0.4, 0.5) is 4.39 Å². The molecule has 0 saturated heterocycles. The minimum absolute atomic E-state index is 0.276. The van der Waals surface area contributed by atoms with Gasteiger partial charge in [-0.1, -0.05) is 6.07 Å². The van der Waals surface area contributed by atoms with Crippen molar-refractivity contribution in [3.05, 3.63) is 59.4 Å². The molecule has 108 valence electrons. The zero-order valence-corrected chi connectivity index (χ0v) is 12.4. The molecule has 0 unspecified atom stereocenters. The predicted octanol–water partition coefficient (Wildman–Crippen LogP) is 3.71. The van der Waals surface area contributed by atoms with Gasteiger partial charge < -0.3 is 4.57 Å². The smallest absolute Gasteiger partial charge is 0.125 e. The van der Waals surface area contributed by atoms with Crippen LogP contribution in [-0.4, -0.2) is 20.4 Å². The van der Waals surface area contributed by atoms with E-state index < -0.39 is 0 Å². The molecule has 0 radical (unpaired) electrons. The molecule has 0 aliphatic rings. The number of hydrogen-bond acceptors (Lipinski definition) is 2. The van der Waals surface area contributed by atoms with Crippen LogP contribution in [-0.2, 0) is 13.0 Å². The van der Waals surface area contributed by atoms with Gasteiger partial charge in [-0.05, 0) is 30.7 Å². The Morgan fingerprint density at radius 1 is 1.24 bits per heavy atom. The van der Waals surface area contributed by atoms with Crippen LogP contribution >= 0.6 is 11.6 Å². The van der Waals surface area contributed by atoms with Crippen LogP contribution < -0.4 is 0 Å². The maximum atomic E-state index is 13.3. The number of fused-ring (bicyclic) bond motifs is 1. The van der Waals surface area contributed by atoms with Crippen molar-refractivity contribution in [1.82, 2.24) is 14.5 Å². The van der Waals surface area contributed by atoms with Gasteiger partial charge in [-0.3, -0.25) is 4.98 Å². The molecule has 3 aromatic rings. The Bertz CT molecular complexity index is 765. The summed E-state index contributed by atoms with van der Waals surface area (Å²) in [4.78, 5) is 8.80. The number of aryl methyl sites for hydroxylation is 2. The molecule has 2 aromatic heterocycles. The third-order valence-electron chi connectivity index (χ3n) is 3.42. The lowest BCUT2D eigenvalue weighted by Crippen LogP contribution is -2.06. The quantitative estimate of drug-likeness (QED) is 0.688. The number of imidazole rings is 1. The highest BCUT2D eigenvalue weighted by Crippen LogP contribution is 2.20. The molecule has 1 aromatic carbocycles. The number of rotatable bonds is 4. The molecule has 0 saturated carbocycles. The number of nitrogens with zero attached hydrogens (tertiary/aromatic N) is 3. The zero-order valence-electron chi connectivity index (χ0n) is 11.7. The van der Waals surface area contributed by atoms with E-state index in [0.29, 0.717) is 24.4 Å². The molecule has 0 atom stereocenters. The van der Waals surface area contributed by atoms with Crippen molar-refractivity contribution in [2.75, 3.05) is 5.88 Å². The summed E-state index contributed by atoms with van der Waals surface area (Å²) in [7, 11) is 0. The first-order valence-electron chi connectivity index (χ1n) is 6.79. The van der Waals surface area contributed by atoms with Gasteiger partial charge in [0, 0.05) is 30.3 Å². The molecule has 0 aliphatic heterocycles. The molecule has 0 bridgehead atoms. The standard InChI is InChI=1S/C16H15ClFN3/c1-11-2-3-12(9-19-11)10-21-15-5-4-13(18)8-14(15)20-16(21)6-7-17/h2-5,8-9H,6-7,10H2,1H3. The van der Waals surface area contributed by atoms with E-state index in [9.17, 15) is 4.39 Å². The Hall–Kier alpha value is -1.94. The number of halogens is 2. The molecule has 0 N–H and O–H groups in total. The molecule has 21 heavy (non-hydrogen) atoms. The predicted molar refractivity (Wildman–Crippen MR) is 82.2 cm³/mol. The molecule has 2 heterocycles. The second kappa shape index (κ2) is 5.82. The fraction of sp³-hybridized carbons (Fsp3) is 0.250. The van der Waals surface area contributed by atoms with E-state index in [2.05, 4.69) is 14.5 Å². The first-order chi connectivity index (χ1) is 10.2. The van der Waals surface area contributed by atoms with Crippen LogP contribution in [0.5, 0.6) is 0 Å². The second-order valence-electron chi connectivity index (χ2n) is 4.99. The van der Waals surface area contributed by atoms with E-state index in [-0.39, 0.29) is 5.82 Å². The molecular formula is C16H15ClFN3. The first-order valence-corrected chi connectivity index (χ1v) is 7.33. The van der Waals surface area contributed by atoms with Gasteiger partial charge in [-0.15, -0.1) is 11.6 Å². The third-order valence-corrected chi connectivity index (χ3v) is 3.61. The minimum Gasteiger partial charge on any atom is -0.323 e. The summed E-state index contributed by atoms with van der Waals surface area (Å²) in [6.07, 6.45) is 2.51. The highest BCUT2D eigenvalue weighted by Gasteiger charge is 2.11. The van der Waals surface area contributed by atoms with Gasteiger partial charge >= 0.3 is 0 Å². The maximum Gasteiger partial charge on any atom is 0.125 e. The Labute approximate surface area is 127 Å². The molecule has 5 heteroatoms. The van der Waals surface area contributed by atoms with Gasteiger partial charge in [-0.25, -0.2) is 9.37 Å². The molecule has 0 spiro atoms. The number of alkyl halides is 1. The number of hydrogen-bond donors (Lipinski definition) is 0. The molecule has 3 nitrogen and oxygen atoms in total. The minimum atomic E-state index is -0.276. The highest BCUT2D eigenvalue weighted by molar-refractivity contribution is 6.17. The average molecular weight is 304 g/mol. The van der Waals surface area contributed by atoms with Crippen molar-refractivity contribution < 1.29 is 4.39 Å². The molecule has 0 amide bonds. The second-order valence-corrected chi connectivity index (χ2v) is 5.37. The number of pyridine rings is 1. The molecule has 0 fully saturated rings. The van der Waals surface area contributed by atoms with Gasteiger partial charge in [-0.2, -0.15) is 0 Å². The lowest BCUT2D eigenvalue weighted by Gasteiger charge is -2.08. The Balaban J connectivity index is 2.06. The third kappa shape index (κ3) is 2.90. The highest BCUT2D eigenvalue weighted by atomic mass is 35.5. The Kier molecular flexibility index (Phi) is 3.88. The van der Waals surface area contributed by atoms with E-state index in [1.165, 1.54) is 12.1 Å². The fourth-order valence-electron chi connectivity index (χ4n) is 2.38. The van der Waals surface area contributed by atoms with Crippen molar-refractivity contribution >= 4 is 22.6 Å². The van der Waals surface area contributed by atoms with Gasteiger partial charge in [0.05, 0.1) is 17.6 Å². The molecule has 3 rings (SSSR count). The summed E-state index contributed by atoms with van der Waals surface area (Å²) in [5, 5.41) is 0. The fourth-order valence-corrected chi connectivity index (χ4v) is 2.55. The average Bonchev–Trinajstić information content (AvgIpc) is 2.79. The van der Waals surface area contributed by atoms with E-state index in [1.807, 2.05) is 25.3 Å². The summed E-state index contributed by atoms with van der Waals surface area (Å²) in [5.74, 6) is 1.07. The van der Waals surface area contributed by atoms with Crippen molar-refractivity contribution in [2.45, 2.75) is 19.9 Å².